The molecule has 0 bridgehead atoms. The van der Waals surface area contributed by atoms with Crippen LogP contribution in [-0.2, 0) is 17.8 Å². The molecule has 0 unspecified atom stereocenters. The van der Waals surface area contributed by atoms with Crippen LogP contribution in [-0.4, -0.2) is 26.1 Å². The van der Waals surface area contributed by atoms with Crippen LogP contribution in [0.1, 0.15) is 31.0 Å². The Hall–Kier alpha value is -3.16. The normalized spacial score (nSPS) is 12.0. The van der Waals surface area contributed by atoms with E-state index in [2.05, 4.69) is 27.7 Å². The smallest absolute Gasteiger partial charge is 0.244 e. The lowest BCUT2D eigenvalue weighted by Crippen LogP contribution is -2.31. The number of benzene rings is 2. The summed E-state index contributed by atoms with van der Waals surface area (Å²) in [6.45, 7) is 3.53. The molecule has 1 aromatic heterocycles. The van der Waals surface area contributed by atoms with Gasteiger partial charge in [0.2, 0.25) is 11.7 Å². The third-order valence-corrected chi connectivity index (χ3v) is 4.16. The van der Waals surface area contributed by atoms with Gasteiger partial charge in [-0.15, -0.1) is 10.2 Å². The van der Waals surface area contributed by atoms with Crippen LogP contribution in [0.4, 0.5) is 8.78 Å². The van der Waals surface area contributed by atoms with E-state index in [1.165, 1.54) is 16.4 Å². The fraction of sp³-hybridized carbons (Fsp3) is 0.263. The Bertz CT molecular complexity index is 940. The molecule has 1 amide bonds. The van der Waals surface area contributed by atoms with Crippen molar-refractivity contribution in [1.82, 2.24) is 25.5 Å². The van der Waals surface area contributed by atoms with Crippen molar-refractivity contribution in [3.8, 4) is 11.4 Å². The molecule has 3 aromatic rings. The molecule has 0 fully saturated rings. The standard InChI is InChI=1S/C19H19F2N5O/c1-3-13-4-6-14(7-5-13)19-23-25-26(24-19)11-18(27)22-12(2)16-9-8-15(20)10-17(16)21/h4-10,12H,3,11H2,1-2H3,(H,22,27)/t12-/m1/s1. The van der Waals surface area contributed by atoms with Crippen molar-refractivity contribution >= 4 is 5.91 Å². The summed E-state index contributed by atoms with van der Waals surface area (Å²) < 4.78 is 26.8. The summed E-state index contributed by atoms with van der Waals surface area (Å²) in [4.78, 5) is 13.3. The summed E-state index contributed by atoms with van der Waals surface area (Å²) in [7, 11) is 0. The average Bonchev–Trinajstić information content (AvgIpc) is 3.09. The van der Waals surface area contributed by atoms with E-state index in [0.717, 1.165) is 24.1 Å². The van der Waals surface area contributed by atoms with Gasteiger partial charge in [-0.25, -0.2) is 8.78 Å². The van der Waals surface area contributed by atoms with Crippen molar-refractivity contribution in [2.75, 3.05) is 0 Å². The Balaban J connectivity index is 1.63. The molecule has 0 aliphatic heterocycles. The largest absolute Gasteiger partial charge is 0.348 e. The van der Waals surface area contributed by atoms with E-state index < -0.39 is 23.6 Å². The first kappa shape index (κ1) is 18.6. The third-order valence-electron chi connectivity index (χ3n) is 4.16. The molecule has 1 heterocycles. The average molecular weight is 371 g/mol. The fourth-order valence-electron chi connectivity index (χ4n) is 2.66. The second-order valence-electron chi connectivity index (χ2n) is 6.15. The van der Waals surface area contributed by atoms with Crippen LogP contribution in [0.2, 0.25) is 0 Å². The van der Waals surface area contributed by atoms with Crippen molar-refractivity contribution in [3.05, 3.63) is 65.2 Å². The number of carbonyl (C=O) groups is 1. The van der Waals surface area contributed by atoms with E-state index in [9.17, 15) is 13.6 Å². The van der Waals surface area contributed by atoms with Crippen molar-refractivity contribution in [3.63, 3.8) is 0 Å². The molecular weight excluding hydrogens is 352 g/mol. The van der Waals surface area contributed by atoms with Crippen LogP contribution in [0.3, 0.4) is 0 Å². The highest BCUT2D eigenvalue weighted by atomic mass is 19.1. The van der Waals surface area contributed by atoms with E-state index in [-0.39, 0.29) is 12.1 Å². The van der Waals surface area contributed by atoms with Gasteiger partial charge < -0.3 is 5.32 Å². The highest BCUT2D eigenvalue weighted by Gasteiger charge is 2.16. The Kier molecular flexibility index (Phi) is 5.54. The molecule has 8 heteroatoms. The number of hydrogen-bond acceptors (Lipinski definition) is 4. The molecule has 3 rings (SSSR count). The number of amides is 1. The number of nitrogens with one attached hydrogen (secondary N) is 1. The summed E-state index contributed by atoms with van der Waals surface area (Å²) in [6, 6.07) is 10.4. The van der Waals surface area contributed by atoms with Crippen LogP contribution in [0, 0.1) is 11.6 Å². The van der Waals surface area contributed by atoms with Gasteiger partial charge >= 0.3 is 0 Å². The minimum Gasteiger partial charge on any atom is -0.348 e. The van der Waals surface area contributed by atoms with Crippen LogP contribution in [0.5, 0.6) is 0 Å². The maximum Gasteiger partial charge on any atom is 0.244 e. The Morgan fingerprint density at radius 2 is 1.93 bits per heavy atom. The number of halogens is 2. The van der Waals surface area contributed by atoms with E-state index in [0.29, 0.717) is 5.82 Å². The van der Waals surface area contributed by atoms with Gasteiger partial charge in [0.15, 0.2) is 0 Å². The number of aromatic nitrogens is 4. The molecule has 140 valence electrons. The molecule has 2 aromatic carbocycles. The topological polar surface area (TPSA) is 72.7 Å². The minimum absolute atomic E-state index is 0.160. The Morgan fingerprint density at radius 1 is 1.19 bits per heavy atom. The molecule has 0 aliphatic carbocycles. The summed E-state index contributed by atoms with van der Waals surface area (Å²) >= 11 is 0. The lowest BCUT2D eigenvalue weighted by atomic mass is 10.1. The molecule has 0 radical (unpaired) electrons. The number of tetrazole rings is 1. The van der Waals surface area contributed by atoms with E-state index in [1.807, 2.05) is 24.3 Å². The monoisotopic (exact) mass is 371 g/mol. The van der Waals surface area contributed by atoms with Crippen LogP contribution < -0.4 is 5.32 Å². The second-order valence-corrected chi connectivity index (χ2v) is 6.15. The van der Waals surface area contributed by atoms with Crippen LogP contribution in [0.25, 0.3) is 11.4 Å². The number of rotatable bonds is 6. The highest BCUT2D eigenvalue weighted by Crippen LogP contribution is 2.18. The lowest BCUT2D eigenvalue weighted by Gasteiger charge is -2.14. The van der Waals surface area contributed by atoms with Gasteiger partial charge in [-0.1, -0.05) is 37.3 Å². The zero-order valence-electron chi connectivity index (χ0n) is 15.0. The number of nitrogens with zero attached hydrogens (tertiary/aromatic N) is 4. The summed E-state index contributed by atoms with van der Waals surface area (Å²) in [5.74, 6) is -1.36. The summed E-state index contributed by atoms with van der Waals surface area (Å²) in [5.41, 5.74) is 2.21. The Labute approximate surface area is 155 Å². The molecule has 1 N–H and O–H groups in total. The molecule has 0 spiro atoms. The number of carbonyl (C=O) groups excluding carboxylic acids is 1. The van der Waals surface area contributed by atoms with E-state index in [1.54, 1.807) is 6.92 Å². The number of hydrogen-bond donors (Lipinski definition) is 1. The van der Waals surface area contributed by atoms with Gasteiger partial charge in [0.05, 0.1) is 6.04 Å². The quantitative estimate of drug-likeness (QED) is 0.723. The molecular formula is C19H19F2N5O. The van der Waals surface area contributed by atoms with Gasteiger partial charge in [-0.3, -0.25) is 4.79 Å². The minimum atomic E-state index is -0.709. The van der Waals surface area contributed by atoms with E-state index in [4.69, 9.17) is 0 Å². The van der Waals surface area contributed by atoms with Crippen LogP contribution >= 0.6 is 0 Å². The predicted molar refractivity (Wildman–Crippen MR) is 95.5 cm³/mol. The third kappa shape index (κ3) is 4.52. The van der Waals surface area contributed by atoms with Crippen LogP contribution in [0.15, 0.2) is 42.5 Å². The SMILES string of the molecule is CCc1ccc(-c2nnn(CC(=O)N[C@H](C)c3ccc(F)cc3F)n2)cc1. The van der Waals surface area contributed by atoms with E-state index >= 15 is 0 Å². The second kappa shape index (κ2) is 8.03. The van der Waals surface area contributed by atoms with Gasteiger partial charge in [0.1, 0.15) is 18.2 Å². The zero-order chi connectivity index (χ0) is 19.4. The molecule has 0 saturated heterocycles. The maximum absolute atomic E-state index is 13.8. The summed E-state index contributed by atoms with van der Waals surface area (Å²) in [5, 5.41) is 14.7. The highest BCUT2D eigenvalue weighted by molar-refractivity contribution is 5.76. The molecule has 27 heavy (non-hydrogen) atoms. The molecule has 1 atom stereocenters. The first-order chi connectivity index (χ1) is 13.0. The summed E-state index contributed by atoms with van der Waals surface area (Å²) in [6.07, 6.45) is 0.938. The van der Waals surface area contributed by atoms with Crippen molar-refractivity contribution in [2.24, 2.45) is 0 Å². The van der Waals surface area contributed by atoms with Gasteiger partial charge in [-0.05, 0) is 30.2 Å². The lowest BCUT2D eigenvalue weighted by molar-refractivity contribution is -0.122. The van der Waals surface area contributed by atoms with Crippen molar-refractivity contribution in [2.45, 2.75) is 32.9 Å². The Morgan fingerprint density at radius 3 is 2.59 bits per heavy atom. The first-order valence-electron chi connectivity index (χ1n) is 8.57. The first-order valence-corrected chi connectivity index (χ1v) is 8.57. The van der Waals surface area contributed by atoms with Gasteiger partial charge in [-0.2, -0.15) is 4.80 Å². The zero-order valence-corrected chi connectivity index (χ0v) is 15.0. The van der Waals surface area contributed by atoms with Crippen molar-refractivity contribution in [1.29, 1.82) is 0 Å². The van der Waals surface area contributed by atoms with Gasteiger partial charge in [0.25, 0.3) is 0 Å². The molecule has 6 nitrogen and oxygen atoms in total. The predicted octanol–water partition coefficient (Wildman–Crippen LogP) is 3.06. The van der Waals surface area contributed by atoms with Gasteiger partial charge in [0, 0.05) is 17.2 Å². The molecule has 0 aliphatic rings. The number of aryl methyl sites for hydroxylation is 1. The fourth-order valence-corrected chi connectivity index (χ4v) is 2.66. The van der Waals surface area contributed by atoms with Crippen molar-refractivity contribution < 1.29 is 13.6 Å². The maximum atomic E-state index is 13.8. The molecule has 0 saturated carbocycles.